The van der Waals surface area contributed by atoms with Crippen LogP contribution < -0.4 is 0 Å². The number of benzene rings is 7. The molecular weight excluding hydrogens is 558 g/mol. The quantitative estimate of drug-likeness (QED) is 0.202. The molecule has 2 heterocycles. The lowest BCUT2D eigenvalue weighted by atomic mass is 9.96. The molecule has 0 fully saturated rings. The first-order valence-electron chi connectivity index (χ1n) is 15.5. The van der Waals surface area contributed by atoms with Crippen LogP contribution in [0.3, 0.4) is 0 Å². The number of nitrogens with zero attached hydrogens (tertiary/aromatic N) is 3. The summed E-state index contributed by atoms with van der Waals surface area (Å²) in [4.78, 5) is 0. The number of fused-ring (bicyclic) bond motifs is 6. The van der Waals surface area contributed by atoms with Gasteiger partial charge in [-0.15, -0.1) is 0 Å². The van der Waals surface area contributed by atoms with Crippen molar-refractivity contribution in [3.05, 3.63) is 169 Å². The molecule has 214 valence electrons. The van der Waals surface area contributed by atoms with Gasteiger partial charge in [-0.3, -0.25) is 0 Å². The summed E-state index contributed by atoms with van der Waals surface area (Å²) in [5.41, 5.74) is 12.3. The molecule has 0 saturated carbocycles. The number of para-hydroxylation sites is 4. The molecule has 0 N–H and O–H groups in total. The molecule has 7 aromatic carbocycles. The van der Waals surface area contributed by atoms with E-state index in [4.69, 9.17) is 0 Å². The summed E-state index contributed by atoms with van der Waals surface area (Å²) in [6.07, 6.45) is 0. The normalized spacial score (nSPS) is 11.5. The minimum Gasteiger partial charge on any atom is -0.309 e. The lowest BCUT2D eigenvalue weighted by Gasteiger charge is -2.13. The average Bonchev–Trinajstić information content (AvgIpc) is 3.65. The number of nitriles is 1. The summed E-state index contributed by atoms with van der Waals surface area (Å²) in [5.74, 6) is 0. The van der Waals surface area contributed by atoms with Crippen LogP contribution in [0.25, 0.3) is 77.2 Å². The van der Waals surface area contributed by atoms with Gasteiger partial charge in [0.1, 0.15) is 0 Å². The van der Waals surface area contributed by atoms with Crippen molar-refractivity contribution >= 4 is 43.6 Å². The van der Waals surface area contributed by atoms with Crippen LogP contribution >= 0.6 is 0 Å². The smallest absolute Gasteiger partial charge is 0.0991 e. The van der Waals surface area contributed by atoms with Gasteiger partial charge in [-0.25, -0.2) is 0 Å². The Morgan fingerprint density at radius 1 is 0.391 bits per heavy atom. The van der Waals surface area contributed by atoms with E-state index in [1.165, 1.54) is 54.8 Å². The number of rotatable bonds is 4. The second kappa shape index (κ2) is 10.4. The van der Waals surface area contributed by atoms with E-state index >= 15 is 0 Å². The number of hydrogen-bond acceptors (Lipinski definition) is 1. The highest BCUT2D eigenvalue weighted by atomic mass is 15.0. The summed E-state index contributed by atoms with van der Waals surface area (Å²) in [6.45, 7) is 0. The molecule has 0 aliphatic rings. The second-order valence-electron chi connectivity index (χ2n) is 11.7. The van der Waals surface area contributed by atoms with Crippen molar-refractivity contribution in [3.63, 3.8) is 0 Å². The molecule has 9 aromatic rings. The van der Waals surface area contributed by atoms with E-state index in [-0.39, 0.29) is 0 Å². The maximum Gasteiger partial charge on any atom is 0.0991 e. The number of hydrogen-bond donors (Lipinski definition) is 0. The maximum atomic E-state index is 9.33. The van der Waals surface area contributed by atoms with Gasteiger partial charge in [-0.2, -0.15) is 5.26 Å². The van der Waals surface area contributed by atoms with Gasteiger partial charge < -0.3 is 9.13 Å². The fourth-order valence-corrected chi connectivity index (χ4v) is 7.08. The molecule has 0 aliphatic carbocycles. The van der Waals surface area contributed by atoms with Gasteiger partial charge >= 0.3 is 0 Å². The minimum absolute atomic E-state index is 0.659. The molecule has 0 spiro atoms. The lowest BCUT2D eigenvalue weighted by Crippen LogP contribution is -1.95. The van der Waals surface area contributed by atoms with Gasteiger partial charge in [-0.05, 0) is 83.4 Å². The van der Waals surface area contributed by atoms with Crippen LogP contribution in [0.15, 0.2) is 164 Å². The molecule has 0 bridgehead atoms. The molecule has 3 heteroatoms. The fourth-order valence-electron chi connectivity index (χ4n) is 7.08. The van der Waals surface area contributed by atoms with E-state index in [1.54, 1.807) is 0 Å². The summed E-state index contributed by atoms with van der Waals surface area (Å²) in [7, 11) is 0. The van der Waals surface area contributed by atoms with Crippen molar-refractivity contribution < 1.29 is 0 Å². The Bertz CT molecular complexity index is 2630. The Labute approximate surface area is 266 Å². The zero-order valence-electron chi connectivity index (χ0n) is 24.9. The maximum absolute atomic E-state index is 9.33. The van der Waals surface area contributed by atoms with Crippen LogP contribution in [-0.2, 0) is 0 Å². The van der Waals surface area contributed by atoms with Crippen LogP contribution in [0.1, 0.15) is 5.56 Å². The van der Waals surface area contributed by atoms with Crippen molar-refractivity contribution in [1.82, 2.24) is 9.13 Å². The molecule has 46 heavy (non-hydrogen) atoms. The Kier molecular flexibility index (Phi) is 5.88. The van der Waals surface area contributed by atoms with E-state index in [9.17, 15) is 5.26 Å². The van der Waals surface area contributed by atoms with E-state index in [0.717, 1.165) is 22.4 Å². The van der Waals surface area contributed by atoms with Crippen LogP contribution in [0.4, 0.5) is 0 Å². The van der Waals surface area contributed by atoms with Crippen LogP contribution in [0.2, 0.25) is 0 Å². The SMILES string of the molecule is N#Cc1ccc(-n2c3ccccc3c3cc(-c4cccc(-c5cccc6c7ccccc7n(-c7ccccc7)c56)c4)ccc32)cc1. The molecule has 0 amide bonds. The minimum atomic E-state index is 0.659. The fraction of sp³-hybridized carbons (Fsp3) is 0. The zero-order valence-corrected chi connectivity index (χ0v) is 24.9. The lowest BCUT2D eigenvalue weighted by molar-refractivity contribution is 1.18. The summed E-state index contributed by atoms with van der Waals surface area (Å²) in [5, 5.41) is 14.2. The van der Waals surface area contributed by atoms with Gasteiger partial charge in [0.2, 0.25) is 0 Å². The summed E-state index contributed by atoms with van der Waals surface area (Å²) in [6, 6.07) is 60.3. The van der Waals surface area contributed by atoms with Crippen molar-refractivity contribution in [1.29, 1.82) is 5.26 Å². The Hall–Kier alpha value is -6.37. The molecule has 0 unspecified atom stereocenters. The second-order valence-corrected chi connectivity index (χ2v) is 11.7. The third kappa shape index (κ3) is 3.98. The molecule has 0 aliphatic heterocycles. The first-order chi connectivity index (χ1) is 22.8. The average molecular weight is 586 g/mol. The van der Waals surface area contributed by atoms with Gasteiger partial charge in [0.05, 0.1) is 33.7 Å². The topological polar surface area (TPSA) is 33.6 Å². The van der Waals surface area contributed by atoms with Gasteiger partial charge in [0.15, 0.2) is 0 Å². The van der Waals surface area contributed by atoms with Gasteiger partial charge in [0, 0.05) is 38.5 Å². The Balaban J connectivity index is 1.23. The van der Waals surface area contributed by atoms with E-state index in [0.29, 0.717) is 5.56 Å². The number of aromatic nitrogens is 2. The van der Waals surface area contributed by atoms with Gasteiger partial charge in [0.25, 0.3) is 0 Å². The van der Waals surface area contributed by atoms with Crippen molar-refractivity contribution in [2.75, 3.05) is 0 Å². The van der Waals surface area contributed by atoms with Crippen molar-refractivity contribution in [3.8, 4) is 39.7 Å². The zero-order chi connectivity index (χ0) is 30.6. The Morgan fingerprint density at radius 3 is 1.76 bits per heavy atom. The van der Waals surface area contributed by atoms with Crippen LogP contribution in [0.5, 0.6) is 0 Å². The first-order valence-corrected chi connectivity index (χ1v) is 15.5. The molecule has 9 rings (SSSR count). The van der Waals surface area contributed by atoms with Crippen LogP contribution in [0, 0.1) is 11.3 Å². The highest BCUT2D eigenvalue weighted by Gasteiger charge is 2.17. The first kappa shape index (κ1) is 26.1. The molecule has 3 nitrogen and oxygen atoms in total. The molecular formula is C43H27N3. The van der Waals surface area contributed by atoms with E-state index in [2.05, 4.69) is 155 Å². The summed E-state index contributed by atoms with van der Waals surface area (Å²) < 4.78 is 4.69. The monoisotopic (exact) mass is 585 g/mol. The third-order valence-corrected chi connectivity index (χ3v) is 9.14. The predicted octanol–water partition coefficient (Wildman–Crippen LogP) is 11.1. The Morgan fingerprint density at radius 2 is 0.978 bits per heavy atom. The summed E-state index contributed by atoms with van der Waals surface area (Å²) >= 11 is 0. The molecule has 0 radical (unpaired) electrons. The largest absolute Gasteiger partial charge is 0.309 e. The van der Waals surface area contributed by atoms with Gasteiger partial charge in [-0.1, -0.05) is 97.1 Å². The highest BCUT2D eigenvalue weighted by molar-refractivity contribution is 6.14. The molecule has 0 saturated heterocycles. The third-order valence-electron chi connectivity index (χ3n) is 9.14. The van der Waals surface area contributed by atoms with E-state index < -0.39 is 0 Å². The van der Waals surface area contributed by atoms with E-state index in [1.807, 2.05) is 24.3 Å². The van der Waals surface area contributed by atoms with Crippen molar-refractivity contribution in [2.24, 2.45) is 0 Å². The van der Waals surface area contributed by atoms with Crippen LogP contribution in [-0.4, -0.2) is 9.13 Å². The van der Waals surface area contributed by atoms with Crippen molar-refractivity contribution in [2.45, 2.75) is 0 Å². The molecule has 0 atom stereocenters. The predicted molar refractivity (Wildman–Crippen MR) is 191 cm³/mol. The molecule has 2 aromatic heterocycles. The highest BCUT2D eigenvalue weighted by Crippen LogP contribution is 2.40. The standard InChI is InChI=1S/C43H27N3/c44-28-29-20-23-34(24-21-29)45-40-18-6-5-15-37(40)39-27-31(22-25-42(39)45)30-10-8-11-32(26-30)35-16-9-17-38-36-14-4-7-19-41(36)46(43(35)38)33-12-2-1-3-13-33/h1-27H.